The number of para-hydroxylation sites is 1. The molecule has 1 N–H and O–H groups in total. The van der Waals surface area contributed by atoms with E-state index in [2.05, 4.69) is 5.32 Å². The third-order valence-electron chi connectivity index (χ3n) is 5.05. The first kappa shape index (κ1) is 24.6. The summed E-state index contributed by atoms with van der Waals surface area (Å²) in [5.74, 6) is -1.03. The van der Waals surface area contributed by atoms with Crippen molar-refractivity contribution >= 4 is 64.4 Å². The van der Waals surface area contributed by atoms with E-state index in [4.69, 9.17) is 44.3 Å². The van der Waals surface area contributed by atoms with Crippen LogP contribution in [0, 0.1) is 0 Å². The monoisotopic (exact) mass is 530 g/mol. The minimum atomic E-state index is -0.829. The van der Waals surface area contributed by atoms with Crippen LogP contribution in [0.25, 0.3) is 6.08 Å². The van der Waals surface area contributed by atoms with Crippen molar-refractivity contribution in [2.75, 3.05) is 12.0 Å². The van der Waals surface area contributed by atoms with Crippen LogP contribution < -0.4 is 19.7 Å². The number of hydrogen-bond donors (Lipinski definition) is 1. The second-order valence-electron chi connectivity index (χ2n) is 7.36. The van der Waals surface area contributed by atoms with Gasteiger partial charge in [-0.3, -0.25) is 14.9 Å². The Bertz CT molecular complexity index is 1360. The average molecular weight is 532 g/mol. The average Bonchev–Trinajstić information content (AvgIpc) is 2.83. The van der Waals surface area contributed by atoms with Gasteiger partial charge < -0.3 is 9.47 Å². The minimum absolute atomic E-state index is 0.141. The molecule has 0 spiro atoms. The lowest BCUT2D eigenvalue weighted by Gasteiger charge is -2.26. The van der Waals surface area contributed by atoms with Gasteiger partial charge in [-0.05, 0) is 53.6 Å². The summed E-state index contributed by atoms with van der Waals surface area (Å²) in [7, 11) is 1.43. The summed E-state index contributed by atoms with van der Waals surface area (Å²) in [6.45, 7) is 0.141. The van der Waals surface area contributed by atoms with Gasteiger partial charge in [0.15, 0.2) is 11.5 Å². The topological polar surface area (TPSA) is 84.9 Å². The van der Waals surface area contributed by atoms with E-state index in [0.717, 1.165) is 10.5 Å². The zero-order valence-electron chi connectivity index (χ0n) is 18.2. The molecule has 0 bridgehead atoms. The van der Waals surface area contributed by atoms with Crippen molar-refractivity contribution in [3.63, 3.8) is 0 Å². The number of halogens is 3. The van der Waals surface area contributed by atoms with Gasteiger partial charge in [-0.15, -0.1) is 0 Å². The molecule has 1 aliphatic heterocycles. The maximum atomic E-state index is 13.0. The van der Waals surface area contributed by atoms with Crippen molar-refractivity contribution in [2.24, 2.45) is 0 Å². The Morgan fingerprint density at radius 1 is 0.914 bits per heavy atom. The summed E-state index contributed by atoms with van der Waals surface area (Å²) in [5.41, 5.74) is 1.25. The number of rotatable bonds is 6. The smallest absolute Gasteiger partial charge is 0.335 e. The van der Waals surface area contributed by atoms with Gasteiger partial charge in [0.25, 0.3) is 11.8 Å². The lowest BCUT2D eigenvalue weighted by atomic mass is 10.1. The van der Waals surface area contributed by atoms with Crippen molar-refractivity contribution in [3.8, 4) is 11.5 Å². The van der Waals surface area contributed by atoms with Crippen molar-refractivity contribution < 1.29 is 23.9 Å². The Morgan fingerprint density at radius 2 is 1.66 bits per heavy atom. The summed E-state index contributed by atoms with van der Waals surface area (Å²) in [6.07, 6.45) is 1.33. The number of urea groups is 1. The minimum Gasteiger partial charge on any atom is -0.493 e. The highest BCUT2D eigenvalue weighted by Gasteiger charge is 2.36. The number of carbonyl (C=O) groups is 3. The fourth-order valence-electron chi connectivity index (χ4n) is 3.38. The van der Waals surface area contributed by atoms with Gasteiger partial charge in [-0.25, -0.2) is 9.69 Å². The molecule has 0 atom stereocenters. The molecular weight excluding hydrogens is 515 g/mol. The molecule has 1 heterocycles. The number of methoxy groups -OCH3 is 1. The highest BCUT2D eigenvalue weighted by Crippen LogP contribution is 2.38. The van der Waals surface area contributed by atoms with Crippen LogP contribution in [0.2, 0.25) is 15.1 Å². The van der Waals surface area contributed by atoms with Crippen molar-refractivity contribution in [3.05, 3.63) is 92.4 Å². The highest BCUT2D eigenvalue weighted by molar-refractivity contribution is 6.42. The van der Waals surface area contributed by atoms with E-state index in [0.29, 0.717) is 21.3 Å². The van der Waals surface area contributed by atoms with Crippen LogP contribution >= 0.6 is 34.8 Å². The molecule has 35 heavy (non-hydrogen) atoms. The second-order valence-corrected chi connectivity index (χ2v) is 8.59. The summed E-state index contributed by atoms with van der Waals surface area (Å²) in [4.78, 5) is 38.7. The first-order valence-electron chi connectivity index (χ1n) is 10.2. The van der Waals surface area contributed by atoms with Crippen molar-refractivity contribution in [1.82, 2.24) is 5.32 Å². The highest BCUT2D eigenvalue weighted by atomic mass is 35.5. The van der Waals surface area contributed by atoms with Crippen LogP contribution in [-0.4, -0.2) is 25.0 Å². The van der Waals surface area contributed by atoms with E-state index in [1.807, 2.05) is 0 Å². The molecule has 3 aromatic carbocycles. The Morgan fingerprint density at radius 3 is 2.34 bits per heavy atom. The summed E-state index contributed by atoms with van der Waals surface area (Å²) >= 11 is 18.4. The molecule has 0 unspecified atom stereocenters. The zero-order chi connectivity index (χ0) is 25.1. The fraction of sp³-hybridized carbons (Fsp3) is 0.0800. The molecular formula is C25H17Cl3N2O5. The quantitative estimate of drug-likeness (QED) is 0.316. The molecule has 1 aliphatic rings. The van der Waals surface area contributed by atoms with Gasteiger partial charge in [0.1, 0.15) is 12.2 Å². The Labute approximate surface area is 215 Å². The Kier molecular flexibility index (Phi) is 7.31. The molecule has 0 saturated carbocycles. The molecule has 178 valence electrons. The molecule has 10 heteroatoms. The van der Waals surface area contributed by atoms with Gasteiger partial charge in [0.05, 0.1) is 27.9 Å². The van der Waals surface area contributed by atoms with E-state index in [9.17, 15) is 14.4 Å². The number of amides is 4. The number of imide groups is 2. The third kappa shape index (κ3) is 5.27. The third-order valence-corrected chi connectivity index (χ3v) is 6.07. The summed E-state index contributed by atoms with van der Waals surface area (Å²) in [6, 6.07) is 15.6. The molecule has 3 aromatic rings. The van der Waals surface area contributed by atoms with Crippen LogP contribution in [0.15, 0.2) is 66.2 Å². The van der Waals surface area contributed by atoms with E-state index in [1.54, 1.807) is 54.6 Å². The molecule has 0 aliphatic carbocycles. The Hall–Kier alpha value is -3.52. The molecule has 0 radical (unpaired) electrons. The van der Waals surface area contributed by atoms with Crippen LogP contribution in [0.5, 0.6) is 11.5 Å². The van der Waals surface area contributed by atoms with Gasteiger partial charge in [0.2, 0.25) is 0 Å². The lowest BCUT2D eigenvalue weighted by Crippen LogP contribution is -2.54. The Balaban J connectivity index is 1.63. The van der Waals surface area contributed by atoms with Gasteiger partial charge in [0, 0.05) is 0 Å². The number of nitrogens with one attached hydrogen (secondary N) is 1. The van der Waals surface area contributed by atoms with Gasteiger partial charge >= 0.3 is 6.03 Å². The van der Waals surface area contributed by atoms with E-state index in [1.165, 1.54) is 19.3 Å². The van der Waals surface area contributed by atoms with Crippen LogP contribution in [0.3, 0.4) is 0 Å². The number of carbonyl (C=O) groups excluding carboxylic acids is 3. The predicted molar refractivity (Wildman–Crippen MR) is 134 cm³/mol. The summed E-state index contributed by atoms with van der Waals surface area (Å²) in [5, 5.41) is 3.19. The second kappa shape index (κ2) is 10.4. The lowest BCUT2D eigenvalue weighted by molar-refractivity contribution is -0.122. The van der Waals surface area contributed by atoms with E-state index < -0.39 is 17.8 Å². The van der Waals surface area contributed by atoms with E-state index in [-0.39, 0.29) is 28.7 Å². The molecule has 1 saturated heterocycles. The molecule has 4 amide bonds. The van der Waals surface area contributed by atoms with Crippen LogP contribution in [-0.2, 0) is 16.2 Å². The standard InChI is InChI=1S/C25H17Cl3N2O5/c1-34-21-12-15(11-20(28)22(21)35-13-14-7-8-18(26)19(27)10-14)9-17-23(31)29-25(33)30(24(17)32)16-5-3-2-4-6-16/h2-12H,13H2,1H3,(H,29,31,33)/b17-9+. The number of hydrogen-bond acceptors (Lipinski definition) is 5. The predicted octanol–water partition coefficient (Wildman–Crippen LogP) is 5.90. The largest absolute Gasteiger partial charge is 0.493 e. The number of benzene rings is 3. The number of ether oxygens (including phenoxy) is 2. The maximum Gasteiger partial charge on any atom is 0.335 e. The van der Waals surface area contributed by atoms with Crippen molar-refractivity contribution in [1.29, 1.82) is 0 Å². The van der Waals surface area contributed by atoms with Crippen LogP contribution in [0.4, 0.5) is 10.5 Å². The van der Waals surface area contributed by atoms with Gasteiger partial charge in [-0.1, -0.05) is 59.1 Å². The fourth-order valence-corrected chi connectivity index (χ4v) is 3.98. The van der Waals surface area contributed by atoms with Crippen LogP contribution in [0.1, 0.15) is 11.1 Å². The zero-order valence-corrected chi connectivity index (χ0v) is 20.4. The number of barbiturate groups is 1. The van der Waals surface area contributed by atoms with Gasteiger partial charge in [-0.2, -0.15) is 0 Å². The first-order valence-corrected chi connectivity index (χ1v) is 11.3. The van der Waals surface area contributed by atoms with Crippen molar-refractivity contribution in [2.45, 2.75) is 6.61 Å². The first-order chi connectivity index (χ1) is 16.8. The maximum absolute atomic E-state index is 13.0. The van der Waals surface area contributed by atoms with E-state index >= 15 is 0 Å². The number of nitrogens with zero attached hydrogens (tertiary/aromatic N) is 1. The normalized spacial score (nSPS) is 14.8. The number of anilines is 1. The summed E-state index contributed by atoms with van der Waals surface area (Å²) < 4.78 is 11.3. The molecule has 4 rings (SSSR count). The molecule has 0 aromatic heterocycles. The molecule has 1 fully saturated rings. The SMILES string of the molecule is COc1cc(/C=C2\C(=O)NC(=O)N(c3ccccc3)C2=O)cc(Cl)c1OCc1ccc(Cl)c(Cl)c1. The molecule has 7 nitrogen and oxygen atoms in total.